The number of carbonyl (C=O) groups excluding carboxylic acids is 1. The van der Waals surface area contributed by atoms with Crippen LogP contribution in [0.3, 0.4) is 0 Å². The molecule has 0 spiro atoms. The van der Waals surface area contributed by atoms with Crippen molar-refractivity contribution in [3.8, 4) is 0 Å². The first-order valence-corrected chi connectivity index (χ1v) is 7.68. The minimum Gasteiger partial charge on any atom is -0.369 e. The zero-order valence-corrected chi connectivity index (χ0v) is 12.5. The second-order valence-corrected chi connectivity index (χ2v) is 6.23. The van der Waals surface area contributed by atoms with E-state index in [1.165, 1.54) is 6.07 Å². The van der Waals surface area contributed by atoms with Crippen molar-refractivity contribution < 1.29 is 9.18 Å². The lowest BCUT2D eigenvalue weighted by Crippen LogP contribution is -2.19. The quantitative estimate of drug-likeness (QED) is 0.941. The summed E-state index contributed by atoms with van der Waals surface area (Å²) in [5.74, 6) is -0.794. The lowest BCUT2D eigenvalue weighted by Gasteiger charge is -2.18. The van der Waals surface area contributed by atoms with Crippen LogP contribution in [0.2, 0.25) is 4.47 Å². The van der Waals surface area contributed by atoms with Gasteiger partial charge in [-0.25, -0.2) is 4.39 Å². The average molecular weight is 327 g/mol. The fourth-order valence-corrected chi connectivity index (χ4v) is 3.00. The predicted molar refractivity (Wildman–Crippen MR) is 80.7 cm³/mol. The van der Waals surface area contributed by atoms with E-state index in [-0.39, 0.29) is 15.3 Å². The van der Waals surface area contributed by atoms with Crippen LogP contribution in [0.4, 0.5) is 15.8 Å². The Balaban J connectivity index is 1.74. The highest BCUT2D eigenvalue weighted by molar-refractivity contribution is 7.17. The van der Waals surface area contributed by atoms with Gasteiger partial charge in [-0.3, -0.25) is 4.79 Å². The smallest absolute Gasteiger partial charge is 0.286 e. The first-order chi connectivity index (χ1) is 10.1. The largest absolute Gasteiger partial charge is 0.369 e. The van der Waals surface area contributed by atoms with Crippen molar-refractivity contribution in [2.24, 2.45) is 0 Å². The van der Waals surface area contributed by atoms with Gasteiger partial charge in [0.2, 0.25) is 9.47 Å². The lowest BCUT2D eigenvalue weighted by molar-refractivity contribution is 0.102. The van der Waals surface area contributed by atoms with Crippen molar-refractivity contribution in [2.75, 3.05) is 23.3 Å². The van der Waals surface area contributed by atoms with E-state index in [2.05, 4.69) is 15.5 Å². The molecule has 0 radical (unpaired) electrons. The molecule has 1 aliphatic rings. The monoisotopic (exact) mass is 326 g/mol. The van der Waals surface area contributed by atoms with Gasteiger partial charge in [-0.05, 0) is 42.6 Å². The number of nitrogens with one attached hydrogen (secondary N) is 1. The van der Waals surface area contributed by atoms with Gasteiger partial charge in [0.1, 0.15) is 5.82 Å². The summed E-state index contributed by atoms with van der Waals surface area (Å²) in [7, 11) is 0. The molecule has 0 atom stereocenters. The van der Waals surface area contributed by atoms with E-state index in [0.29, 0.717) is 11.4 Å². The third kappa shape index (κ3) is 3.14. The van der Waals surface area contributed by atoms with Gasteiger partial charge in [0.15, 0.2) is 0 Å². The van der Waals surface area contributed by atoms with Gasteiger partial charge in [-0.2, -0.15) is 0 Å². The van der Waals surface area contributed by atoms with Gasteiger partial charge in [-0.15, -0.1) is 10.2 Å². The summed E-state index contributed by atoms with van der Waals surface area (Å²) in [5, 5.41) is 9.92. The van der Waals surface area contributed by atoms with Crippen LogP contribution in [0.25, 0.3) is 0 Å². The second-order valence-electron chi connectivity index (χ2n) is 4.67. The third-order valence-electron chi connectivity index (χ3n) is 3.25. The summed E-state index contributed by atoms with van der Waals surface area (Å²) in [6.45, 7) is 1.73. The van der Waals surface area contributed by atoms with Crippen LogP contribution in [0.1, 0.15) is 22.6 Å². The van der Waals surface area contributed by atoms with Gasteiger partial charge in [0.05, 0.1) is 5.69 Å². The highest BCUT2D eigenvalue weighted by Gasteiger charge is 2.17. The number of halogens is 2. The normalized spacial score (nSPS) is 14.5. The molecule has 21 heavy (non-hydrogen) atoms. The van der Waals surface area contributed by atoms with E-state index in [9.17, 15) is 9.18 Å². The molecule has 0 aliphatic carbocycles. The number of amides is 1. The number of benzene rings is 1. The van der Waals surface area contributed by atoms with Crippen LogP contribution in [-0.2, 0) is 0 Å². The molecule has 1 saturated heterocycles. The number of carbonyl (C=O) groups is 1. The van der Waals surface area contributed by atoms with E-state index in [1.54, 1.807) is 12.1 Å². The number of anilines is 2. The van der Waals surface area contributed by atoms with Crippen LogP contribution < -0.4 is 10.2 Å². The summed E-state index contributed by atoms with van der Waals surface area (Å²) in [5.41, 5.74) is 0.955. The maximum atomic E-state index is 14.1. The molecule has 2 aromatic rings. The first kappa shape index (κ1) is 14.2. The molecule has 1 amide bonds. The maximum absolute atomic E-state index is 14.1. The number of nitrogens with zero attached hydrogens (tertiary/aromatic N) is 3. The highest BCUT2D eigenvalue weighted by Crippen LogP contribution is 2.26. The molecule has 110 valence electrons. The summed E-state index contributed by atoms with van der Waals surface area (Å²) >= 11 is 6.60. The van der Waals surface area contributed by atoms with Crippen LogP contribution in [0.15, 0.2) is 18.2 Å². The van der Waals surface area contributed by atoms with Crippen molar-refractivity contribution in [1.82, 2.24) is 10.2 Å². The molecule has 1 aromatic carbocycles. The molecule has 1 aromatic heterocycles. The zero-order chi connectivity index (χ0) is 14.8. The van der Waals surface area contributed by atoms with Crippen LogP contribution in [-0.4, -0.2) is 29.2 Å². The van der Waals surface area contributed by atoms with Gasteiger partial charge in [0.25, 0.3) is 5.91 Å². The Bertz CT molecular complexity index is 672. The Morgan fingerprint density at radius 2 is 2.10 bits per heavy atom. The second kappa shape index (κ2) is 5.95. The van der Waals surface area contributed by atoms with Gasteiger partial charge < -0.3 is 10.2 Å². The third-order valence-corrected chi connectivity index (χ3v) is 4.26. The Hall–Kier alpha value is -1.73. The highest BCUT2D eigenvalue weighted by atomic mass is 35.5. The first-order valence-electron chi connectivity index (χ1n) is 6.48. The van der Waals surface area contributed by atoms with E-state index < -0.39 is 5.91 Å². The molecular formula is C13H12ClFN4OS. The fourth-order valence-electron chi connectivity index (χ4n) is 2.28. The molecule has 0 unspecified atom stereocenters. The zero-order valence-electron chi connectivity index (χ0n) is 11.0. The number of hydrogen-bond acceptors (Lipinski definition) is 5. The minimum atomic E-state index is -0.451. The van der Waals surface area contributed by atoms with E-state index in [0.717, 1.165) is 37.3 Å². The molecule has 0 saturated carbocycles. The van der Waals surface area contributed by atoms with Crippen molar-refractivity contribution in [2.45, 2.75) is 12.8 Å². The molecule has 8 heteroatoms. The molecule has 3 rings (SSSR count). The summed E-state index contributed by atoms with van der Waals surface area (Å²) < 4.78 is 14.3. The van der Waals surface area contributed by atoms with E-state index >= 15 is 0 Å². The topological polar surface area (TPSA) is 58.1 Å². The lowest BCUT2D eigenvalue weighted by atomic mass is 10.2. The van der Waals surface area contributed by atoms with Crippen LogP contribution >= 0.6 is 22.9 Å². The fraction of sp³-hybridized carbons (Fsp3) is 0.308. The van der Waals surface area contributed by atoms with Crippen molar-refractivity contribution >= 4 is 40.2 Å². The Kier molecular flexibility index (Phi) is 4.03. The van der Waals surface area contributed by atoms with Crippen LogP contribution in [0, 0.1) is 5.82 Å². The Labute approximate surface area is 129 Å². The van der Waals surface area contributed by atoms with Gasteiger partial charge >= 0.3 is 0 Å². The maximum Gasteiger partial charge on any atom is 0.286 e. The van der Waals surface area contributed by atoms with Crippen LogP contribution in [0.5, 0.6) is 0 Å². The molecule has 5 nitrogen and oxygen atoms in total. The minimum absolute atomic E-state index is 0.143. The Morgan fingerprint density at radius 1 is 1.33 bits per heavy atom. The molecular weight excluding hydrogens is 315 g/mol. The molecule has 1 fully saturated rings. The molecule has 0 bridgehead atoms. The van der Waals surface area contributed by atoms with E-state index in [4.69, 9.17) is 11.6 Å². The van der Waals surface area contributed by atoms with Crippen molar-refractivity contribution in [3.05, 3.63) is 33.5 Å². The standard InChI is InChI=1S/C13H12ClFN4OS/c14-13-18-17-12(21-13)11(20)16-8-3-4-10(9(15)7-8)19-5-1-2-6-19/h3-4,7H,1-2,5-6H2,(H,16,20). The van der Waals surface area contributed by atoms with Gasteiger partial charge in [-0.1, -0.05) is 11.3 Å². The summed E-state index contributed by atoms with van der Waals surface area (Å²) in [4.78, 5) is 13.9. The Morgan fingerprint density at radius 3 is 2.71 bits per heavy atom. The molecule has 2 heterocycles. The summed E-state index contributed by atoms with van der Waals surface area (Å²) in [6, 6.07) is 4.68. The number of hydrogen-bond donors (Lipinski definition) is 1. The SMILES string of the molecule is O=C(Nc1ccc(N2CCCC2)c(F)c1)c1nnc(Cl)s1. The molecule has 1 aliphatic heterocycles. The number of rotatable bonds is 3. The van der Waals surface area contributed by atoms with E-state index in [1.807, 2.05) is 4.90 Å². The van der Waals surface area contributed by atoms with Gasteiger partial charge in [0, 0.05) is 18.8 Å². The van der Waals surface area contributed by atoms with Crippen molar-refractivity contribution in [1.29, 1.82) is 0 Å². The predicted octanol–water partition coefficient (Wildman–Crippen LogP) is 3.18. The van der Waals surface area contributed by atoms with Crippen molar-refractivity contribution in [3.63, 3.8) is 0 Å². The average Bonchev–Trinajstić information content (AvgIpc) is 3.10. The number of aromatic nitrogens is 2. The molecule has 1 N–H and O–H groups in total. The summed E-state index contributed by atoms with van der Waals surface area (Å²) in [6.07, 6.45) is 2.16.